The van der Waals surface area contributed by atoms with Gasteiger partial charge in [0.25, 0.3) is 0 Å². The first-order chi connectivity index (χ1) is 14.6. The summed E-state index contributed by atoms with van der Waals surface area (Å²) in [5.74, 6) is 2.30. The van der Waals surface area contributed by atoms with Crippen LogP contribution in [0.1, 0.15) is 24.0 Å². The van der Waals surface area contributed by atoms with E-state index >= 15 is 0 Å². The minimum atomic E-state index is -0.208. The molecule has 30 heavy (non-hydrogen) atoms. The van der Waals surface area contributed by atoms with E-state index in [1.54, 1.807) is 0 Å². The number of likely N-dealkylation sites (tertiary alicyclic amines) is 1. The molecule has 1 saturated heterocycles. The molecule has 0 spiro atoms. The Morgan fingerprint density at radius 1 is 1.13 bits per heavy atom. The molecule has 6 nitrogen and oxygen atoms in total. The van der Waals surface area contributed by atoms with Gasteiger partial charge < -0.3 is 24.4 Å². The Bertz CT molecular complexity index is 860. The van der Waals surface area contributed by atoms with E-state index in [0.29, 0.717) is 31.3 Å². The van der Waals surface area contributed by atoms with Crippen LogP contribution in [0, 0.1) is 12.8 Å². The van der Waals surface area contributed by atoms with Crippen LogP contribution in [0.3, 0.4) is 0 Å². The molecule has 0 aliphatic carbocycles. The van der Waals surface area contributed by atoms with Gasteiger partial charge in [0.1, 0.15) is 25.1 Å². The molecule has 4 rings (SSSR count). The molecule has 1 atom stereocenters. The number of fused-ring (bicyclic) bond motifs is 1. The second kappa shape index (κ2) is 9.39. The van der Waals surface area contributed by atoms with Crippen LogP contribution in [0.25, 0.3) is 0 Å². The summed E-state index contributed by atoms with van der Waals surface area (Å²) in [6.07, 6.45) is 1.61. The topological polar surface area (TPSA) is 60.0 Å². The highest BCUT2D eigenvalue weighted by atomic mass is 16.6. The van der Waals surface area contributed by atoms with Crippen LogP contribution in [-0.4, -0.2) is 50.2 Å². The lowest BCUT2D eigenvalue weighted by Crippen LogP contribution is -2.44. The zero-order valence-electron chi connectivity index (χ0n) is 17.7. The van der Waals surface area contributed by atoms with Crippen molar-refractivity contribution in [2.75, 3.05) is 33.3 Å². The molecule has 1 fully saturated rings. The van der Waals surface area contributed by atoms with Crippen LogP contribution in [0.5, 0.6) is 17.2 Å². The minimum Gasteiger partial charge on any atom is -0.489 e. The van der Waals surface area contributed by atoms with E-state index in [1.807, 2.05) is 18.2 Å². The fourth-order valence-electron chi connectivity index (χ4n) is 3.77. The third-order valence-electron chi connectivity index (χ3n) is 5.75. The number of ether oxygens (including phenoxy) is 3. The van der Waals surface area contributed by atoms with Gasteiger partial charge in [-0.05, 0) is 57.6 Å². The van der Waals surface area contributed by atoms with E-state index in [1.165, 1.54) is 5.56 Å². The van der Waals surface area contributed by atoms with Gasteiger partial charge in [-0.25, -0.2) is 0 Å². The number of nitrogens with zero attached hydrogens (tertiary/aromatic N) is 1. The molecular weight excluding hydrogens is 380 g/mol. The third-order valence-corrected chi connectivity index (χ3v) is 5.75. The first-order valence-electron chi connectivity index (χ1n) is 10.6. The lowest BCUT2D eigenvalue weighted by Gasteiger charge is -2.30. The van der Waals surface area contributed by atoms with Crippen molar-refractivity contribution in [2.24, 2.45) is 5.92 Å². The Hall–Kier alpha value is -2.73. The van der Waals surface area contributed by atoms with Crippen LogP contribution in [0.2, 0.25) is 0 Å². The smallest absolute Gasteiger partial charge is 0.223 e. The second-order valence-electron chi connectivity index (χ2n) is 8.26. The quantitative estimate of drug-likeness (QED) is 0.793. The Labute approximate surface area is 178 Å². The van der Waals surface area contributed by atoms with Crippen LogP contribution in [0.15, 0.2) is 42.5 Å². The number of amides is 1. The lowest BCUT2D eigenvalue weighted by atomic mass is 9.96. The van der Waals surface area contributed by atoms with Crippen LogP contribution in [-0.2, 0) is 11.4 Å². The van der Waals surface area contributed by atoms with E-state index in [2.05, 4.69) is 48.5 Å². The normalized spacial score (nSPS) is 19.3. The van der Waals surface area contributed by atoms with Gasteiger partial charge in [0.15, 0.2) is 11.5 Å². The Morgan fingerprint density at radius 3 is 2.67 bits per heavy atom. The number of hydrogen-bond acceptors (Lipinski definition) is 5. The van der Waals surface area contributed by atoms with Gasteiger partial charge in [-0.1, -0.05) is 29.8 Å². The van der Waals surface area contributed by atoms with Gasteiger partial charge in [0, 0.05) is 12.0 Å². The standard InChI is InChI=1S/C24H30N2O4/c1-17-3-5-18(6-4-17)15-28-20-7-8-22-23(13-20)30-21(16-29-22)14-25-24(27)19-9-11-26(2)12-10-19/h3-8,13,19,21H,9-12,14-16H2,1-2H3,(H,25,27)/t21-/m1/s1. The summed E-state index contributed by atoms with van der Waals surface area (Å²) >= 11 is 0. The molecule has 6 heteroatoms. The molecule has 2 aliphatic heterocycles. The maximum atomic E-state index is 12.4. The number of aryl methyl sites for hydroxylation is 1. The maximum absolute atomic E-state index is 12.4. The van der Waals surface area contributed by atoms with Gasteiger partial charge in [0.2, 0.25) is 5.91 Å². The molecule has 2 aliphatic rings. The molecule has 0 radical (unpaired) electrons. The monoisotopic (exact) mass is 410 g/mol. The predicted octanol–water partition coefficient (Wildman–Crippen LogP) is 3.17. The van der Waals surface area contributed by atoms with E-state index < -0.39 is 0 Å². The van der Waals surface area contributed by atoms with Crippen molar-refractivity contribution >= 4 is 5.91 Å². The summed E-state index contributed by atoms with van der Waals surface area (Å²) in [4.78, 5) is 14.7. The molecule has 0 bridgehead atoms. The number of hydrogen-bond donors (Lipinski definition) is 1. The Balaban J connectivity index is 1.28. The highest BCUT2D eigenvalue weighted by Crippen LogP contribution is 2.35. The van der Waals surface area contributed by atoms with E-state index in [-0.39, 0.29) is 17.9 Å². The van der Waals surface area contributed by atoms with E-state index in [0.717, 1.165) is 37.2 Å². The summed E-state index contributed by atoms with van der Waals surface area (Å²) in [6.45, 7) is 5.37. The molecular formula is C24H30N2O4. The number of piperidine rings is 1. The predicted molar refractivity (Wildman–Crippen MR) is 115 cm³/mol. The average Bonchev–Trinajstić information content (AvgIpc) is 2.77. The number of benzene rings is 2. The van der Waals surface area contributed by atoms with Crippen molar-refractivity contribution in [3.8, 4) is 17.2 Å². The van der Waals surface area contributed by atoms with Gasteiger partial charge in [-0.15, -0.1) is 0 Å². The number of rotatable bonds is 6. The molecule has 2 heterocycles. The van der Waals surface area contributed by atoms with Crippen LogP contribution >= 0.6 is 0 Å². The Kier molecular flexibility index (Phi) is 6.43. The molecule has 0 saturated carbocycles. The fourth-order valence-corrected chi connectivity index (χ4v) is 3.77. The van der Waals surface area contributed by atoms with Gasteiger partial charge in [0.05, 0.1) is 6.54 Å². The lowest BCUT2D eigenvalue weighted by molar-refractivity contribution is -0.126. The summed E-state index contributed by atoms with van der Waals surface area (Å²) < 4.78 is 17.8. The molecule has 2 aromatic carbocycles. The van der Waals surface area contributed by atoms with Crippen molar-refractivity contribution in [3.63, 3.8) is 0 Å². The van der Waals surface area contributed by atoms with Crippen molar-refractivity contribution in [1.29, 1.82) is 0 Å². The van der Waals surface area contributed by atoms with Gasteiger partial charge >= 0.3 is 0 Å². The van der Waals surface area contributed by atoms with Crippen molar-refractivity contribution in [2.45, 2.75) is 32.5 Å². The van der Waals surface area contributed by atoms with Crippen LogP contribution in [0.4, 0.5) is 0 Å². The molecule has 2 aromatic rings. The molecule has 0 aromatic heterocycles. The fraction of sp³-hybridized carbons (Fsp3) is 0.458. The maximum Gasteiger partial charge on any atom is 0.223 e. The minimum absolute atomic E-state index is 0.0970. The average molecular weight is 411 g/mol. The number of nitrogens with one attached hydrogen (secondary N) is 1. The Morgan fingerprint density at radius 2 is 1.90 bits per heavy atom. The molecule has 0 unspecified atom stereocenters. The SMILES string of the molecule is Cc1ccc(COc2ccc3c(c2)O[C@H](CNC(=O)C2CCN(C)CC2)CO3)cc1. The summed E-state index contributed by atoms with van der Waals surface area (Å²) in [5.41, 5.74) is 2.34. The largest absolute Gasteiger partial charge is 0.489 e. The van der Waals surface area contributed by atoms with Crippen molar-refractivity contribution in [3.05, 3.63) is 53.6 Å². The summed E-state index contributed by atoms with van der Waals surface area (Å²) in [6, 6.07) is 13.9. The van der Waals surface area contributed by atoms with E-state index in [4.69, 9.17) is 14.2 Å². The zero-order valence-corrected chi connectivity index (χ0v) is 17.7. The molecule has 1 N–H and O–H groups in total. The van der Waals surface area contributed by atoms with Gasteiger partial charge in [-0.3, -0.25) is 4.79 Å². The first-order valence-corrected chi connectivity index (χ1v) is 10.6. The zero-order chi connectivity index (χ0) is 20.9. The number of carbonyl (C=O) groups is 1. The van der Waals surface area contributed by atoms with Crippen LogP contribution < -0.4 is 19.5 Å². The highest BCUT2D eigenvalue weighted by Gasteiger charge is 2.26. The van der Waals surface area contributed by atoms with Crippen molar-refractivity contribution < 1.29 is 19.0 Å². The van der Waals surface area contributed by atoms with Gasteiger partial charge in [-0.2, -0.15) is 0 Å². The van der Waals surface area contributed by atoms with E-state index in [9.17, 15) is 4.79 Å². The third kappa shape index (κ3) is 5.25. The first kappa shape index (κ1) is 20.5. The van der Waals surface area contributed by atoms with Crippen molar-refractivity contribution in [1.82, 2.24) is 10.2 Å². The highest BCUT2D eigenvalue weighted by molar-refractivity contribution is 5.78. The summed E-state index contributed by atoms with van der Waals surface area (Å²) in [7, 11) is 2.09. The number of carbonyl (C=O) groups excluding carboxylic acids is 1. The molecule has 160 valence electrons. The molecule has 1 amide bonds. The second-order valence-corrected chi connectivity index (χ2v) is 8.26. The summed E-state index contributed by atoms with van der Waals surface area (Å²) in [5, 5.41) is 3.04.